The standard InChI is InChI=1S/C11H15N3O5/c1-14(6-7-3-2-4-19-7)11(18)13-8(10(16)17)5-9(12)15/h2-4,8H,5-6H2,1H3,(H2,12,15)(H,13,18)(H,16,17)/t8-/m1/s1. The van der Waals surface area contributed by atoms with Gasteiger partial charge in [0.1, 0.15) is 11.8 Å². The first-order chi connectivity index (χ1) is 8.90. The van der Waals surface area contributed by atoms with Crippen LogP contribution in [0.25, 0.3) is 0 Å². The second kappa shape index (κ2) is 6.43. The van der Waals surface area contributed by atoms with E-state index in [0.29, 0.717) is 5.76 Å². The van der Waals surface area contributed by atoms with Crippen LogP contribution in [-0.4, -0.2) is 41.0 Å². The van der Waals surface area contributed by atoms with Crippen molar-refractivity contribution in [2.24, 2.45) is 5.73 Å². The van der Waals surface area contributed by atoms with Crippen molar-refractivity contribution in [2.45, 2.75) is 19.0 Å². The third kappa shape index (κ3) is 4.70. The van der Waals surface area contributed by atoms with Gasteiger partial charge in [-0.2, -0.15) is 0 Å². The van der Waals surface area contributed by atoms with Crippen LogP contribution in [0.2, 0.25) is 0 Å². The molecule has 19 heavy (non-hydrogen) atoms. The van der Waals surface area contributed by atoms with Crippen LogP contribution in [0.5, 0.6) is 0 Å². The van der Waals surface area contributed by atoms with Crippen molar-refractivity contribution in [1.82, 2.24) is 10.2 Å². The molecule has 0 radical (unpaired) electrons. The summed E-state index contributed by atoms with van der Waals surface area (Å²) in [6.07, 6.45) is 1.00. The van der Waals surface area contributed by atoms with Crippen molar-refractivity contribution >= 4 is 17.9 Å². The monoisotopic (exact) mass is 269 g/mol. The predicted octanol–water partition coefficient (Wildman–Crippen LogP) is -0.250. The fourth-order valence-electron chi connectivity index (χ4n) is 1.37. The van der Waals surface area contributed by atoms with Crippen LogP contribution in [0, 0.1) is 0 Å². The quantitative estimate of drug-likeness (QED) is 0.656. The highest BCUT2D eigenvalue weighted by atomic mass is 16.4. The summed E-state index contributed by atoms with van der Waals surface area (Å²) in [6.45, 7) is 0.182. The molecule has 0 bridgehead atoms. The van der Waals surface area contributed by atoms with Gasteiger partial charge < -0.3 is 25.5 Å². The molecule has 3 amide bonds. The highest BCUT2D eigenvalue weighted by Crippen LogP contribution is 2.04. The Morgan fingerprint density at radius 3 is 2.68 bits per heavy atom. The minimum Gasteiger partial charge on any atom is -0.480 e. The first-order valence-corrected chi connectivity index (χ1v) is 5.45. The molecule has 0 aromatic carbocycles. The molecule has 0 saturated heterocycles. The van der Waals surface area contributed by atoms with Crippen molar-refractivity contribution in [3.8, 4) is 0 Å². The summed E-state index contributed by atoms with van der Waals surface area (Å²) >= 11 is 0. The van der Waals surface area contributed by atoms with E-state index in [2.05, 4.69) is 5.32 Å². The summed E-state index contributed by atoms with van der Waals surface area (Å²) in [7, 11) is 1.47. The zero-order valence-electron chi connectivity index (χ0n) is 10.3. The van der Waals surface area contributed by atoms with Crippen molar-refractivity contribution in [3.63, 3.8) is 0 Å². The second-order valence-electron chi connectivity index (χ2n) is 3.95. The van der Waals surface area contributed by atoms with E-state index >= 15 is 0 Å². The molecule has 0 aliphatic rings. The number of nitrogens with one attached hydrogen (secondary N) is 1. The van der Waals surface area contributed by atoms with Crippen LogP contribution in [0.3, 0.4) is 0 Å². The van der Waals surface area contributed by atoms with Gasteiger partial charge in [-0.1, -0.05) is 0 Å². The van der Waals surface area contributed by atoms with Crippen LogP contribution in [-0.2, 0) is 16.1 Å². The van der Waals surface area contributed by atoms with Crippen molar-refractivity contribution in [1.29, 1.82) is 0 Å². The van der Waals surface area contributed by atoms with E-state index < -0.39 is 30.4 Å². The minimum absolute atomic E-state index is 0.182. The topological polar surface area (TPSA) is 126 Å². The number of carboxylic acids is 1. The number of carboxylic acid groups (broad SMARTS) is 1. The number of furan rings is 1. The average Bonchev–Trinajstić information content (AvgIpc) is 2.79. The highest BCUT2D eigenvalue weighted by Gasteiger charge is 2.23. The Labute approximate surface area is 109 Å². The lowest BCUT2D eigenvalue weighted by molar-refractivity contribution is -0.140. The van der Waals surface area contributed by atoms with Crippen molar-refractivity contribution in [2.75, 3.05) is 7.05 Å². The summed E-state index contributed by atoms with van der Waals surface area (Å²) in [5.74, 6) is -1.57. The number of primary amides is 1. The van der Waals surface area contributed by atoms with Gasteiger partial charge in [-0.05, 0) is 12.1 Å². The van der Waals surface area contributed by atoms with Gasteiger partial charge in [0, 0.05) is 7.05 Å². The Kier molecular flexibility index (Phi) is 4.92. The molecule has 0 spiro atoms. The zero-order chi connectivity index (χ0) is 14.4. The fourth-order valence-corrected chi connectivity index (χ4v) is 1.37. The smallest absolute Gasteiger partial charge is 0.326 e. The number of amides is 3. The van der Waals surface area contributed by atoms with E-state index in [9.17, 15) is 14.4 Å². The first-order valence-electron chi connectivity index (χ1n) is 5.45. The average molecular weight is 269 g/mol. The summed E-state index contributed by atoms with van der Waals surface area (Å²) in [5.41, 5.74) is 4.91. The molecule has 0 unspecified atom stereocenters. The van der Waals surface area contributed by atoms with Gasteiger partial charge in [0.15, 0.2) is 0 Å². The molecule has 0 fully saturated rings. The predicted molar refractivity (Wildman–Crippen MR) is 63.9 cm³/mol. The van der Waals surface area contributed by atoms with Gasteiger partial charge in [0.25, 0.3) is 0 Å². The fraction of sp³-hybridized carbons (Fsp3) is 0.364. The van der Waals surface area contributed by atoms with Crippen molar-refractivity contribution in [3.05, 3.63) is 24.2 Å². The first kappa shape index (κ1) is 14.6. The van der Waals surface area contributed by atoms with Crippen LogP contribution < -0.4 is 11.1 Å². The molecule has 1 aromatic heterocycles. The summed E-state index contributed by atoms with van der Waals surface area (Å²) in [6, 6.07) is 1.38. The molecule has 4 N–H and O–H groups in total. The minimum atomic E-state index is -1.34. The highest BCUT2D eigenvalue weighted by molar-refractivity contribution is 5.87. The van der Waals surface area contributed by atoms with E-state index in [1.54, 1.807) is 12.1 Å². The lowest BCUT2D eigenvalue weighted by atomic mass is 10.2. The molecule has 1 aromatic rings. The van der Waals surface area contributed by atoms with Gasteiger partial charge in [-0.3, -0.25) is 4.79 Å². The number of hydrogen-bond donors (Lipinski definition) is 3. The number of carbonyl (C=O) groups excluding carboxylic acids is 2. The summed E-state index contributed by atoms with van der Waals surface area (Å²) in [4.78, 5) is 34.5. The lowest BCUT2D eigenvalue weighted by Crippen LogP contribution is -2.47. The maximum atomic E-state index is 11.7. The molecule has 8 nitrogen and oxygen atoms in total. The van der Waals surface area contributed by atoms with E-state index in [0.717, 1.165) is 0 Å². The molecule has 104 valence electrons. The SMILES string of the molecule is CN(Cc1ccco1)C(=O)N[C@H](CC(N)=O)C(=O)O. The zero-order valence-corrected chi connectivity index (χ0v) is 10.3. The molecular formula is C11H15N3O5. The van der Waals surface area contributed by atoms with Gasteiger partial charge >= 0.3 is 12.0 Å². The number of urea groups is 1. The Balaban J connectivity index is 2.56. The molecule has 1 heterocycles. The molecule has 8 heteroatoms. The number of aliphatic carboxylic acids is 1. The maximum Gasteiger partial charge on any atom is 0.326 e. The van der Waals surface area contributed by atoms with Crippen molar-refractivity contribution < 1.29 is 23.9 Å². The summed E-state index contributed by atoms with van der Waals surface area (Å²) in [5, 5.41) is 11.1. The van der Waals surface area contributed by atoms with E-state index in [-0.39, 0.29) is 6.54 Å². The Morgan fingerprint density at radius 1 is 1.53 bits per heavy atom. The third-order valence-electron chi connectivity index (χ3n) is 2.32. The normalized spacial score (nSPS) is 11.6. The summed E-state index contributed by atoms with van der Waals surface area (Å²) < 4.78 is 5.06. The largest absolute Gasteiger partial charge is 0.480 e. The molecule has 0 saturated carbocycles. The molecule has 0 aliphatic heterocycles. The number of rotatable bonds is 6. The Hall–Kier alpha value is -2.51. The van der Waals surface area contributed by atoms with Gasteiger partial charge in [-0.15, -0.1) is 0 Å². The van der Waals surface area contributed by atoms with E-state index in [1.807, 2.05) is 0 Å². The van der Waals surface area contributed by atoms with Crippen LogP contribution in [0.4, 0.5) is 4.79 Å². The van der Waals surface area contributed by atoms with Gasteiger partial charge in [0.2, 0.25) is 5.91 Å². The lowest BCUT2D eigenvalue weighted by Gasteiger charge is -2.19. The molecule has 1 rings (SSSR count). The van der Waals surface area contributed by atoms with Gasteiger partial charge in [0.05, 0.1) is 19.2 Å². The Bertz CT molecular complexity index is 457. The van der Waals surface area contributed by atoms with Crippen LogP contribution in [0.15, 0.2) is 22.8 Å². The number of nitrogens with two attached hydrogens (primary N) is 1. The van der Waals surface area contributed by atoms with E-state index in [4.69, 9.17) is 15.3 Å². The molecule has 1 atom stereocenters. The third-order valence-corrected chi connectivity index (χ3v) is 2.32. The van der Waals surface area contributed by atoms with Gasteiger partial charge in [-0.25, -0.2) is 9.59 Å². The molecule has 0 aliphatic carbocycles. The second-order valence-corrected chi connectivity index (χ2v) is 3.95. The molecular weight excluding hydrogens is 254 g/mol. The number of nitrogens with zero attached hydrogens (tertiary/aromatic N) is 1. The Morgan fingerprint density at radius 2 is 2.21 bits per heavy atom. The number of hydrogen-bond acceptors (Lipinski definition) is 4. The van der Waals surface area contributed by atoms with Crippen LogP contribution >= 0.6 is 0 Å². The number of carbonyl (C=O) groups is 3. The maximum absolute atomic E-state index is 11.7. The van der Waals surface area contributed by atoms with E-state index in [1.165, 1.54) is 18.2 Å². The van der Waals surface area contributed by atoms with Crippen LogP contribution in [0.1, 0.15) is 12.2 Å².